The highest BCUT2D eigenvalue weighted by molar-refractivity contribution is 5.98. The van der Waals surface area contributed by atoms with E-state index in [2.05, 4.69) is 15.8 Å². The highest BCUT2D eigenvalue weighted by Crippen LogP contribution is 2.23. The monoisotopic (exact) mass is 373 g/mol. The van der Waals surface area contributed by atoms with Crippen LogP contribution in [-0.2, 0) is 14.3 Å². The molecule has 8 nitrogen and oxygen atoms in total. The van der Waals surface area contributed by atoms with Gasteiger partial charge in [0.2, 0.25) is 5.91 Å². The molecule has 8 heteroatoms. The Morgan fingerprint density at radius 3 is 2.11 bits per heavy atom. The molecule has 0 aliphatic carbocycles. The smallest absolute Gasteiger partial charge is 0.344 e. The van der Waals surface area contributed by atoms with Gasteiger partial charge in [-0.1, -0.05) is 19.0 Å². The van der Waals surface area contributed by atoms with Gasteiger partial charge in [-0.2, -0.15) is 0 Å². The summed E-state index contributed by atoms with van der Waals surface area (Å²) in [5.41, 5.74) is 1.80. The summed E-state index contributed by atoms with van der Waals surface area (Å²) in [5.74, 6) is -0.923. The van der Waals surface area contributed by atoms with Gasteiger partial charge in [0.05, 0.1) is 5.69 Å². The van der Waals surface area contributed by atoms with Gasteiger partial charge in [0, 0.05) is 24.2 Å². The van der Waals surface area contributed by atoms with Crippen LogP contribution in [0.1, 0.15) is 55.4 Å². The lowest BCUT2D eigenvalue weighted by Gasteiger charge is -2.14. The summed E-state index contributed by atoms with van der Waals surface area (Å²) in [6.45, 7) is 8.28. The topological polar surface area (TPSA) is 111 Å². The quantitative estimate of drug-likeness (QED) is 0.752. The van der Waals surface area contributed by atoms with E-state index in [1.807, 2.05) is 13.8 Å². The molecular formula is C19H23N3O5. The van der Waals surface area contributed by atoms with Crippen LogP contribution in [0.5, 0.6) is 0 Å². The summed E-state index contributed by atoms with van der Waals surface area (Å²) >= 11 is 0. The molecule has 0 radical (unpaired) electrons. The summed E-state index contributed by atoms with van der Waals surface area (Å²) in [6.07, 6.45) is -1.01. The molecule has 0 saturated carbocycles. The van der Waals surface area contributed by atoms with E-state index < -0.39 is 18.0 Å². The molecular weight excluding hydrogens is 350 g/mol. The molecule has 0 spiro atoms. The predicted molar refractivity (Wildman–Crippen MR) is 99.6 cm³/mol. The van der Waals surface area contributed by atoms with Crippen LogP contribution in [0.25, 0.3) is 0 Å². The predicted octanol–water partition coefficient (Wildman–Crippen LogP) is 3.25. The van der Waals surface area contributed by atoms with Crippen LogP contribution < -0.4 is 10.6 Å². The van der Waals surface area contributed by atoms with Crippen molar-refractivity contribution in [3.63, 3.8) is 0 Å². The molecule has 1 aromatic carbocycles. The number of carbonyl (C=O) groups is 3. The first-order chi connectivity index (χ1) is 12.7. The maximum Gasteiger partial charge on any atom is 0.344 e. The zero-order valence-corrected chi connectivity index (χ0v) is 16.0. The molecule has 27 heavy (non-hydrogen) atoms. The molecule has 2 N–H and O–H groups in total. The molecule has 0 saturated heterocycles. The number of ether oxygens (including phenoxy) is 1. The largest absolute Gasteiger partial charge is 0.449 e. The molecule has 2 aromatic rings. The second-order valence-electron chi connectivity index (χ2n) is 6.46. The van der Waals surface area contributed by atoms with Crippen molar-refractivity contribution in [2.75, 3.05) is 10.6 Å². The number of aromatic nitrogens is 1. The van der Waals surface area contributed by atoms with E-state index in [9.17, 15) is 14.4 Å². The van der Waals surface area contributed by atoms with Gasteiger partial charge in [0.1, 0.15) is 5.56 Å². The minimum Gasteiger partial charge on any atom is -0.449 e. The van der Waals surface area contributed by atoms with E-state index in [1.54, 1.807) is 31.2 Å². The third-order valence-electron chi connectivity index (χ3n) is 3.74. The Morgan fingerprint density at radius 2 is 1.59 bits per heavy atom. The van der Waals surface area contributed by atoms with E-state index in [0.29, 0.717) is 22.8 Å². The van der Waals surface area contributed by atoms with Crippen molar-refractivity contribution in [3.05, 3.63) is 41.3 Å². The average molecular weight is 373 g/mol. The number of benzene rings is 1. The second kappa shape index (κ2) is 8.48. The molecule has 1 aromatic heterocycles. The van der Waals surface area contributed by atoms with Crippen molar-refractivity contribution in [3.8, 4) is 0 Å². The van der Waals surface area contributed by atoms with Gasteiger partial charge in [0.15, 0.2) is 11.9 Å². The van der Waals surface area contributed by atoms with E-state index in [1.165, 1.54) is 13.8 Å². The minimum atomic E-state index is -1.01. The van der Waals surface area contributed by atoms with Crippen LogP contribution in [0, 0.1) is 6.92 Å². The van der Waals surface area contributed by atoms with Gasteiger partial charge in [-0.05, 0) is 38.1 Å². The Hall–Kier alpha value is -3.16. The van der Waals surface area contributed by atoms with E-state index >= 15 is 0 Å². The van der Waals surface area contributed by atoms with Crippen molar-refractivity contribution in [2.45, 2.75) is 46.6 Å². The van der Waals surface area contributed by atoms with Gasteiger partial charge < -0.3 is 19.9 Å². The first-order valence-corrected chi connectivity index (χ1v) is 8.54. The highest BCUT2D eigenvalue weighted by Gasteiger charge is 2.27. The summed E-state index contributed by atoms with van der Waals surface area (Å²) < 4.78 is 10.4. The van der Waals surface area contributed by atoms with Gasteiger partial charge in [0.25, 0.3) is 5.91 Å². The molecule has 0 aliphatic rings. The summed E-state index contributed by atoms with van der Waals surface area (Å²) in [7, 11) is 0. The molecule has 0 fully saturated rings. The lowest BCUT2D eigenvalue weighted by molar-refractivity contribution is -0.123. The summed E-state index contributed by atoms with van der Waals surface area (Å²) in [5, 5.41) is 9.09. The number of rotatable bonds is 6. The van der Waals surface area contributed by atoms with Crippen LogP contribution in [0.4, 0.5) is 11.4 Å². The van der Waals surface area contributed by atoms with Gasteiger partial charge in [-0.25, -0.2) is 4.79 Å². The Morgan fingerprint density at radius 1 is 1.04 bits per heavy atom. The van der Waals surface area contributed by atoms with E-state index in [-0.39, 0.29) is 17.4 Å². The van der Waals surface area contributed by atoms with Crippen LogP contribution in [-0.4, -0.2) is 29.0 Å². The fraction of sp³-hybridized carbons (Fsp3) is 0.368. The molecule has 2 amide bonds. The van der Waals surface area contributed by atoms with Crippen molar-refractivity contribution in [2.24, 2.45) is 0 Å². The number of nitrogens with zero attached hydrogens (tertiary/aromatic N) is 1. The first kappa shape index (κ1) is 20.2. The first-order valence-electron chi connectivity index (χ1n) is 8.54. The number of hydrogen-bond donors (Lipinski definition) is 2. The molecule has 0 aliphatic heterocycles. The van der Waals surface area contributed by atoms with Crippen LogP contribution in [0.15, 0.2) is 28.8 Å². The molecule has 1 unspecified atom stereocenters. The van der Waals surface area contributed by atoms with E-state index in [4.69, 9.17) is 9.26 Å². The molecule has 1 atom stereocenters. The molecule has 1 heterocycles. The molecule has 144 valence electrons. The van der Waals surface area contributed by atoms with Gasteiger partial charge in [-0.15, -0.1) is 0 Å². The van der Waals surface area contributed by atoms with Crippen molar-refractivity contribution >= 4 is 29.2 Å². The van der Waals surface area contributed by atoms with Crippen molar-refractivity contribution < 1.29 is 23.6 Å². The lowest BCUT2D eigenvalue weighted by Crippen LogP contribution is -2.30. The Bertz CT molecular complexity index is 840. The van der Waals surface area contributed by atoms with Gasteiger partial charge in [-0.3, -0.25) is 9.59 Å². The van der Waals surface area contributed by atoms with Crippen molar-refractivity contribution in [1.82, 2.24) is 5.16 Å². The zero-order chi connectivity index (χ0) is 20.1. The maximum atomic E-state index is 12.4. The average Bonchev–Trinajstić information content (AvgIpc) is 2.98. The minimum absolute atomic E-state index is 0.0417. The highest BCUT2D eigenvalue weighted by atomic mass is 16.5. The maximum absolute atomic E-state index is 12.4. The molecule has 0 bridgehead atoms. The van der Waals surface area contributed by atoms with Crippen molar-refractivity contribution in [1.29, 1.82) is 0 Å². The number of carbonyl (C=O) groups excluding carboxylic acids is 3. The standard InChI is InChI=1S/C19H23N3O5/c1-10(2)17-16(11(3)22-27-17)19(25)26-12(4)18(24)21-15-8-6-14(7-9-15)20-13(5)23/h6-10,12H,1-5H3,(H,20,23)(H,21,24). The van der Waals surface area contributed by atoms with E-state index in [0.717, 1.165) is 0 Å². The van der Waals surface area contributed by atoms with Crippen LogP contribution >= 0.6 is 0 Å². The molecule has 2 rings (SSSR count). The van der Waals surface area contributed by atoms with Gasteiger partial charge >= 0.3 is 5.97 Å². The zero-order valence-electron chi connectivity index (χ0n) is 16.0. The normalized spacial score (nSPS) is 11.8. The third kappa shape index (κ3) is 5.16. The summed E-state index contributed by atoms with van der Waals surface area (Å²) in [4.78, 5) is 35.7. The number of hydrogen-bond acceptors (Lipinski definition) is 6. The fourth-order valence-corrected chi connectivity index (χ4v) is 2.39. The second-order valence-corrected chi connectivity index (χ2v) is 6.46. The number of esters is 1. The Labute approximate surface area is 157 Å². The number of amides is 2. The Kier molecular flexibility index (Phi) is 6.33. The number of aryl methyl sites for hydroxylation is 1. The van der Waals surface area contributed by atoms with Crippen LogP contribution in [0.2, 0.25) is 0 Å². The number of anilines is 2. The SMILES string of the molecule is CC(=O)Nc1ccc(NC(=O)C(C)OC(=O)c2c(C)noc2C(C)C)cc1. The fourth-order valence-electron chi connectivity index (χ4n) is 2.39. The Balaban J connectivity index is 2.00. The summed E-state index contributed by atoms with van der Waals surface area (Å²) in [6, 6.07) is 6.59. The number of nitrogens with one attached hydrogen (secondary N) is 2. The lowest BCUT2D eigenvalue weighted by atomic mass is 10.1. The van der Waals surface area contributed by atoms with Crippen LogP contribution in [0.3, 0.4) is 0 Å². The third-order valence-corrected chi connectivity index (χ3v) is 3.74.